The number of nitrogens with zero attached hydrogens (tertiary/aromatic N) is 3. The number of nitrogens with two attached hydrogens (primary N) is 2. The molecule has 8 nitrogen and oxygen atoms in total. The molecule has 4 rings (SSSR count). The Kier molecular flexibility index (Phi) is 4.19. The lowest BCUT2D eigenvalue weighted by atomic mass is 9.82. The Morgan fingerprint density at radius 1 is 1.24 bits per heavy atom. The van der Waals surface area contributed by atoms with Crippen LogP contribution in [0.15, 0.2) is 58.9 Å². The molecular formula is C18H14F3N5O3. The van der Waals surface area contributed by atoms with E-state index >= 15 is 0 Å². The molecule has 29 heavy (non-hydrogen) atoms. The second-order valence-corrected chi connectivity index (χ2v) is 6.57. The number of aliphatic imine (C=N–C) groups is 1. The van der Waals surface area contributed by atoms with Crippen LogP contribution in [-0.4, -0.2) is 22.4 Å². The van der Waals surface area contributed by atoms with Crippen LogP contribution in [-0.2, 0) is 6.18 Å². The van der Waals surface area contributed by atoms with Gasteiger partial charge in [-0.25, -0.2) is 5.84 Å². The fraction of sp³-hybridized carbons (Fsp3) is 0.167. The number of halogens is 3. The van der Waals surface area contributed by atoms with E-state index in [1.807, 2.05) is 0 Å². The highest BCUT2D eigenvalue weighted by atomic mass is 19.4. The van der Waals surface area contributed by atoms with Gasteiger partial charge in [0.1, 0.15) is 5.75 Å². The molecule has 4 N–H and O–H groups in total. The molecular weight excluding hydrogens is 391 g/mol. The number of alkyl halides is 3. The van der Waals surface area contributed by atoms with Gasteiger partial charge in [-0.15, -0.1) is 0 Å². The molecule has 0 saturated heterocycles. The normalized spacial score (nSPS) is 18.6. The zero-order valence-electron chi connectivity index (χ0n) is 14.7. The lowest BCUT2D eigenvalue weighted by molar-refractivity contribution is -0.384. The number of benzene rings is 2. The fourth-order valence-electron chi connectivity index (χ4n) is 3.40. The van der Waals surface area contributed by atoms with Crippen molar-refractivity contribution in [2.45, 2.75) is 12.1 Å². The van der Waals surface area contributed by atoms with E-state index in [1.165, 1.54) is 29.3 Å². The van der Waals surface area contributed by atoms with Crippen LogP contribution in [0.25, 0.3) is 0 Å². The standard InChI is InChI=1S/C18H14F3N5O3/c19-18(20,21)10-4-5-12-14(7-10)29-16-13(8-25(23)17(22)24-16)15(12)9-2-1-3-11(6-9)26(27)28/h1-7,15H,8,23H2,(H2,22,24). The molecule has 0 aromatic heterocycles. The molecule has 0 radical (unpaired) electrons. The molecule has 150 valence electrons. The van der Waals surface area contributed by atoms with Crippen molar-refractivity contribution >= 4 is 11.6 Å². The van der Waals surface area contributed by atoms with Crippen LogP contribution in [0.5, 0.6) is 5.75 Å². The van der Waals surface area contributed by atoms with Crippen molar-refractivity contribution in [1.29, 1.82) is 0 Å². The van der Waals surface area contributed by atoms with E-state index in [0.29, 0.717) is 16.7 Å². The van der Waals surface area contributed by atoms with Crippen molar-refractivity contribution in [3.63, 3.8) is 0 Å². The maximum absolute atomic E-state index is 13.2. The fourth-order valence-corrected chi connectivity index (χ4v) is 3.40. The van der Waals surface area contributed by atoms with Crippen molar-refractivity contribution in [3.8, 4) is 5.75 Å². The molecule has 0 saturated carbocycles. The third-order valence-corrected chi connectivity index (χ3v) is 4.75. The highest BCUT2D eigenvalue weighted by Gasteiger charge is 2.38. The minimum absolute atomic E-state index is 0.0348. The number of guanidine groups is 1. The molecule has 2 heterocycles. The van der Waals surface area contributed by atoms with E-state index in [0.717, 1.165) is 12.1 Å². The molecule has 11 heteroatoms. The maximum Gasteiger partial charge on any atom is 0.416 e. The average molecular weight is 405 g/mol. The first-order valence-electron chi connectivity index (χ1n) is 8.38. The Labute approximate surface area is 162 Å². The Balaban J connectivity index is 1.92. The summed E-state index contributed by atoms with van der Waals surface area (Å²) in [6.45, 7) is 0.0957. The Hall–Kier alpha value is -3.60. The molecule has 0 spiro atoms. The largest absolute Gasteiger partial charge is 0.439 e. The first kappa shape index (κ1) is 18.7. The van der Waals surface area contributed by atoms with E-state index in [9.17, 15) is 23.3 Å². The van der Waals surface area contributed by atoms with Crippen molar-refractivity contribution in [3.05, 3.63) is 80.7 Å². The lowest BCUT2D eigenvalue weighted by Crippen LogP contribution is -2.47. The molecule has 0 aliphatic carbocycles. The molecule has 2 aliphatic heterocycles. The van der Waals surface area contributed by atoms with E-state index in [4.69, 9.17) is 16.3 Å². The first-order valence-corrected chi connectivity index (χ1v) is 8.38. The number of ether oxygens (including phenoxy) is 1. The van der Waals surface area contributed by atoms with Gasteiger partial charge in [0.2, 0.25) is 11.8 Å². The summed E-state index contributed by atoms with van der Waals surface area (Å²) in [5.41, 5.74) is 6.15. The van der Waals surface area contributed by atoms with Crippen molar-refractivity contribution in [1.82, 2.24) is 5.01 Å². The molecule has 2 aromatic carbocycles. The van der Waals surface area contributed by atoms with E-state index in [2.05, 4.69) is 4.99 Å². The topological polar surface area (TPSA) is 120 Å². The first-order chi connectivity index (χ1) is 13.6. The summed E-state index contributed by atoms with van der Waals surface area (Å²) < 4.78 is 45.1. The van der Waals surface area contributed by atoms with Gasteiger partial charge in [-0.2, -0.15) is 18.2 Å². The number of rotatable bonds is 2. The second-order valence-electron chi connectivity index (χ2n) is 6.57. The van der Waals surface area contributed by atoms with Crippen molar-refractivity contribution in [2.24, 2.45) is 16.6 Å². The number of hydrazine groups is 1. The molecule has 0 amide bonds. The molecule has 1 unspecified atom stereocenters. The van der Waals surface area contributed by atoms with Crippen LogP contribution in [0.4, 0.5) is 18.9 Å². The summed E-state index contributed by atoms with van der Waals surface area (Å²) in [6.07, 6.45) is -4.56. The Morgan fingerprint density at radius 3 is 2.69 bits per heavy atom. The van der Waals surface area contributed by atoms with E-state index in [1.54, 1.807) is 6.07 Å². The average Bonchev–Trinajstić information content (AvgIpc) is 2.66. The Bertz CT molecular complexity index is 1080. The number of fused-ring (bicyclic) bond motifs is 1. The molecule has 1 atom stereocenters. The highest BCUT2D eigenvalue weighted by Crippen LogP contribution is 2.46. The van der Waals surface area contributed by atoms with Crippen LogP contribution in [0.2, 0.25) is 0 Å². The predicted octanol–water partition coefficient (Wildman–Crippen LogP) is 2.85. The van der Waals surface area contributed by atoms with E-state index < -0.39 is 22.6 Å². The van der Waals surface area contributed by atoms with Gasteiger partial charge < -0.3 is 10.5 Å². The smallest absolute Gasteiger partial charge is 0.416 e. The summed E-state index contributed by atoms with van der Waals surface area (Å²) >= 11 is 0. The van der Waals surface area contributed by atoms with Gasteiger partial charge in [-0.1, -0.05) is 18.2 Å². The van der Waals surface area contributed by atoms with Gasteiger partial charge in [0.05, 0.1) is 17.0 Å². The number of nitro benzene ring substituents is 1. The van der Waals surface area contributed by atoms with E-state index in [-0.39, 0.29) is 29.8 Å². The zero-order valence-corrected chi connectivity index (χ0v) is 14.7. The number of non-ortho nitro benzene ring substituents is 1. The summed E-state index contributed by atoms with van der Waals surface area (Å²) in [5.74, 6) is 5.13. The van der Waals surface area contributed by atoms with Gasteiger partial charge in [0.15, 0.2) is 0 Å². The summed E-state index contributed by atoms with van der Waals surface area (Å²) in [7, 11) is 0. The van der Waals surface area contributed by atoms with Crippen LogP contribution in [0.3, 0.4) is 0 Å². The van der Waals surface area contributed by atoms with Crippen molar-refractivity contribution < 1.29 is 22.8 Å². The predicted molar refractivity (Wildman–Crippen MR) is 96.6 cm³/mol. The van der Waals surface area contributed by atoms with Gasteiger partial charge in [-0.05, 0) is 17.7 Å². The monoisotopic (exact) mass is 405 g/mol. The number of nitro groups is 1. The molecule has 0 bridgehead atoms. The van der Waals surface area contributed by atoms with Crippen molar-refractivity contribution in [2.75, 3.05) is 6.54 Å². The van der Waals surface area contributed by atoms with Gasteiger partial charge in [0, 0.05) is 29.2 Å². The molecule has 2 aliphatic rings. The highest BCUT2D eigenvalue weighted by molar-refractivity contribution is 5.80. The van der Waals surface area contributed by atoms with Crippen LogP contribution in [0, 0.1) is 10.1 Å². The van der Waals surface area contributed by atoms with Crippen LogP contribution in [0.1, 0.15) is 22.6 Å². The SMILES string of the molecule is NC1=NC2=C(CN1N)C(c1cccc([N+](=O)[O-])c1)c1ccc(C(F)(F)F)cc1O2. The summed E-state index contributed by atoms with van der Waals surface area (Å²) in [4.78, 5) is 14.7. The zero-order chi connectivity index (χ0) is 20.9. The van der Waals surface area contributed by atoms with Gasteiger partial charge in [-0.3, -0.25) is 15.1 Å². The third-order valence-electron chi connectivity index (χ3n) is 4.75. The quantitative estimate of drug-likeness (QED) is 0.450. The molecule has 0 fully saturated rings. The number of hydrogen-bond donors (Lipinski definition) is 2. The van der Waals surface area contributed by atoms with Gasteiger partial charge >= 0.3 is 6.18 Å². The second kappa shape index (κ2) is 6.48. The summed E-state index contributed by atoms with van der Waals surface area (Å²) in [5, 5.41) is 12.4. The minimum Gasteiger partial charge on any atom is -0.439 e. The Morgan fingerprint density at radius 2 is 2.00 bits per heavy atom. The van der Waals surface area contributed by atoms with Gasteiger partial charge in [0.25, 0.3) is 5.69 Å². The molecule has 2 aromatic rings. The minimum atomic E-state index is -4.56. The van der Waals surface area contributed by atoms with Crippen LogP contribution < -0.4 is 16.3 Å². The van der Waals surface area contributed by atoms with Crippen LogP contribution >= 0.6 is 0 Å². The maximum atomic E-state index is 13.2. The lowest BCUT2D eigenvalue weighted by Gasteiger charge is -2.34. The number of hydrogen-bond acceptors (Lipinski definition) is 7. The summed E-state index contributed by atoms with van der Waals surface area (Å²) in [6, 6.07) is 8.98. The third kappa shape index (κ3) is 3.25.